The van der Waals surface area contributed by atoms with Crippen molar-refractivity contribution in [1.82, 2.24) is 10.2 Å². The number of rotatable bonds is 5. The van der Waals surface area contributed by atoms with Gasteiger partial charge in [0.05, 0.1) is 5.56 Å². The lowest BCUT2D eigenvalue weighted by atomic mass is 9.92. The molecule has 6 nitrogen and oxygen atoms in total. The Balaban J connectivity index is 1.89. The lowest BCUT2D eigenvalue weighted by molar-refractivity contribution is -0.114. The molecule has 0 aromatic heterocycles. The van der Waals surface area contributed by atoms with Crippen LogP contribution in [-0.4, -0.2) is 48.0 Å². The van der Waals surface area contributed by atoms with E-state index in [0.29, 0.717) is 24.1 Å². The maximum absolute atomic E-state index is 12.3. The summed E-state index contributed by atoms with van der Waals surface area (Å²) in [5.41, 5.74) is 0.658. The quantitative estimate of drug-likeness (QED) is 0.721. The molecule has 1 aliphatic rings. The van der Waals surface area contributed by atoms with E-state index in [-0.39, 0.29) is 23.1 Å². The maximum atomic E-state index is 12.3. The normalized spacial score (nSPS) is 21.3. The Morgan fingerprint density at radius 3 is 2.54 bits per heavy atom. The van der Waals surface area contributed by atoms with E-state index in [1.165, 1.54) is 25.5 Å². The van der Waals surface area contributed by atoms with Gasteiger partial charge in [0.15, 0.2) is 0 Å². The molecule has 0 radical (unpaired) electrons. The Bertz CT molecular complexity index is 593. The third-order valence-corrected chi connectivity index (χ3v) is 4.22. The van der Waals surface area contributed by atoms with Gasteiger partial charge in [-0.25, -0.2) is 0 Å². The van der Waals surface area contributed by atoms with E-state index in [2.05, 4.69) is 29.4 Å². The van der Waals surface area contributed by atoms with Gasteiger partial charge >= 0.3 is 0 Å². The summed E-state index contributed by atoms with van der Waals surface area (Å²) >= 11 is 0. The first kappa shape index (κ1) is 18.3. The molecule has 2 atom stereocenters. The Morgan fingerprint density at radius 1 is 1.25 bits per heavy atom. The van der Waals surface area contributed by atoms with Crippen molar-refractivity contribution in [2.75, 3.05) is 31.5 Å². The molecule has 2 rings (SSSR count). The third-order valence-electron chi connectivity index (χ3n) is 4.22. The number of aromatic hydroxyl groups is 1. The molecule has 0 saturated carbocycles. The average Bonchev–Trinajstić information content (AvgIpc) is 2.47. The van der Waals surface area contributed by atoms with E-state index in [1.807, 2.05) is 0 Å². The first-order chi connectivity index (χ1) is 11.3. The van der Waals surface area contributed by atoms with Gasteiger partial charge in [-0.1, -0.05) is 13.8 Å². The molecule has 1 fully saturated rings. The number of hydrogen-bond acceptors (Lipinski definition) is 4. The highest BCUT2D eigenvalue weighted by Gasteiger charge is 2.21. The fourth-order valence-corrected chi connectivity index (χ4v) is 3.40. The van der Waals surface area contributed by atoms with Gasteiger partial charge in [0.2, 0.25) is 5.91 Å². The highest BCUT2D eigenvalue weighted by Crippen LogP contribution is 2.22. The van der Waals surface area contributed by atoms with Crippen LogP contribution in [0.5, 0.6) is 5.75 Å². The maximum Gasteiger partial charge on any atom is 0.255 e. The van der Waals surface area contributed by atoms with E-state index in [1.54, 1.807) is 6.07 Å². The molecule has 2 amide bonds. The monoisotopic (exact) mass is 333 g/mol. The number of carbonyl (C=O) groups excluding carboxylic acids is 2. The van der Waals surface area contributed by atoms with Gasteiger partial charge in [0.1, 0.15) is 5.75 Å². The third kappa shape index (κ3) is 5.23. The molecular formula is C18H27N3O3. The molecule has 132 valence electrons. The zero-order chi connectivity index (χ0) is 17.7. The minimum Gasteiger partial charge on any atom is -0.507 e. The van der Waals surface area contributed by atoms with E-state index < -0.39 is 0 Å². The molecule has 2 unspecified atom stereocenters. The molecule has 6 heteroatoms. The van der Waals surface area contributed by atoms with Crippen molar-refractivity contribution in [3.63, 3.8) is 0 Å². The van der Waals surface area contributed by atoms with Crippen LogP contribution in [-0.2, 0) is 4.79 Å². The van der Waals surface area contributed by atoms with Crippen LogP contribution in [0.2, 0.25) is 0 Å². The van der Waals surface area contributed by atoms with Crippen LogP contribution in [0.25, 0.3) is 0 Å². The van der Waals surface area contributed by atoms with Crippen molar-refractivity contribution in [3.05, 3.63) is 23.8 Å². The molecule has 0 bridgehead atoms. The first-order valence-electron chi connectivity index (χ1n) is 8.46. The van der Waals surface area contributed by atoms with Crippen molar-refractivity contribution in [2.24, 2.45) is 11.8 Å². The molecular weight excluding hydrogens is 306 g/mol. The van der Waals surface area contributed by atoms with Crippen LogP contribution in [0, 0.1) is 11.8 Å². The van der Waals surface area contributed by atoms with Crippen LogP contribution in [0.4, 0.5) is 5.69 Å². The molecule has 24 heavy (non-hydrogen) atoms. The highest BCUT2D eigenvalue weighted by molar-refractivity contribution is 5.99. The Labute approximate surface area is 143 Å². The van der Waals surface area contributed by atoms with Gasteiger partial charge in [-0.2, -0.15) is 0 Å². The zero-order valence-corrected chi connectivity index (χ0v) is 14.6. The van der Waals surface area contributed by atoms with E-state index in [4.69, 9.17) is 0 Å². The summed E-state index contributed by atoms with van der Waals surface area (Å²) in [5.74, 6) is 0.714. The zero-order valence-electron chi connectivity index (χ0n) is 14.6. The van der Waals surface area contributed by atoms with Gasteiger partial charge in [-0.05, 0) is 36.5 Å². The lowest BCUT2D eigenvalue weighted by Crippen LogP contribution is -2.42. The van der Waals surface area contributed by atoms with Crippen molar-refractivity contribution in [1.29, 1.82) is 0 Å². The summed E-state index contributed by atoms with van der Waals surface area (Å²) in [6, 6.07) is 4.45. The summed E-state index contributed by atoms with van der Waals surface area (Å²) in [6.45, 7) is 9.36. The first-order valence-corrected chi connectivity index (χ1v) is 8.46. The number of phenolic OH excluding ortho intramolecular Hbond substituents is 1. The molecule has 3 N–H and O–H groups in total. The number of hydrogen-bond donors (Lipinski definition) is 3. The summed E-state index contributed by atoms with van der Waals surface area (Å²) in [6.07, 6.45) is 1.26. The number of nitrogens with zero attached hydrogens (tertiary/aromatic N) is 1. The Hall–Kier alpha value is -2.08. The van der Waals surface area contributed by atoms with Crippen molar-refractivity contribution < 1.29 is 14.7 Å². The molecule has 1 aliphatic heterocycles. The molecule has 1 aromatic carbocycles. The fraction of sp³-hybridized carbons (Fsp3) is 0.556. The van der Waals surface area contributed by atoms with Gasteiger partial charge in [0.25, 0.3) is 5.91 Å². The van der Waals surface area contributed by atoms with Crippen LogP contribution < -0.4 is 10.6 Å². The summed E-state index contributed by atoms with van der Waals surface area (Å²) < 4.78 is 0. The predicted octanol–water partition coefficient (Wildman–Crippen LogP) is 2.06. The van der Waals surface area contributed by atoms with Crippen LogP contribution >= 0.6 is 0 Å². The van der Waals surface area contributed by atoms with Crippen LogP contribution in [0.3, 0.4) is 0 Å². The topological polar surface area (TPSA) is 81.7 Å². The second kappa shape index (κ2) is 8.15. The molecule has 0 aliphatic carbocycles. The number of nitrogens with one attached hydrogen (secondary N) is 2. The average molecular weight is 333 g/mol. The van der Waals surface area contributed by atoms with Gasteiger partial charge < -0.3 is 20.6 Å². The second-order valence-corrected chi connectivity index (χ2v) is 6.87. The Morgan fingerprint density at radius 2 is 1.92 bits per heavy atom. The highest BCUT2D eigenvalue weighted by atomic mass is 16.3. The number of carbonyl (C=O) groups is 2. The second-order valence-electron chi connectivity index (χ2n) is 6.87. The van der Waals surface area contributed by atoms with Crippen molar-refractivity contribution in [2.45, 2.75) is 27.2 Å². The number of phenols is 1. The molecule has 1 aromatic rings. The largest absolute Gasteiger partial charge is 0.507 e. The number of benzene rings is 1. The van der Waals surface area contributed by atoms with E-state index in [0.717, 1.165) is 19.6 Å². The van der Waals surface area contributed by atoms with Crippen molar-refractivity contribution >= 4 is 17.5 Å². The van der Waals surface area contributed by atoms with Gasteiger partial charge in [-0.3, -0.25) is 9.59 Å². The molecule has 1 saturated heterocycles. The number of likely N-dealkylation sites (tertiary alicyclic amines) is 1. The Kier molecular flexibility index (Phi) is 6.20. The minimum atomic E-state index is -0.335. The predicted molar refractivity (Wildman–Crippen MR) is 94.1 cm³/mol. The van der Waals surface area contributed by atoms with E-state index in [9.17, 15) is 14.7 Å². The number of piperidine rings is 1. The fourth-order valence-electron chi connectivity index (χ4n) is 3.40. The van der Waals surface area contributed by atoms with E-state index >= 15 is 0 Å². The number of anilines is 1. The summed E-state index contributed by atoms with van der Waals surface area (Å²) in [5, 5.41) is 15.3. The standard InChI is InChI=1S/C18H27N3O3/c1-12-8-13(2)11-21(10-12)7-6-19-18(24)16-9-15(20-14(3)22)4-5-17(16)23/h4-5,9,12-13,23H,6-8,10-11H2,1-3H3,(H,19,24)(H,20,22). The smallest absolute Gasteiger partial charge is 0.255 e. The summed E-state index contributed by atoms with van der Waals surface area (Å²) in [7, 11) is 0. The minimum absolute atomic E-state index is 0.0955. The van der Waals surface area contributed by atoms with Gasteiger partial charge in [0, 0.05) is 38.8 Å². The molecule has 0 spiro atoms. The SMILES string of the molecule is CC(=O)Nc1ccc(O)c(C(=O)NCCN2CC(C)CC(C)C2)c1. The van der Waals surface area contributed by atoms with Gasteiger partial charge in [-0.15, -0.1) is 0 Å². The summed E-state index contributed by atoms with van der Waals surface area (Å²) in [4.78, 5) is 25.7. The number of amides is 2. The molecule has 1 heterocycles. The van der Waals surface area contributed by atoms with Crippen LogP contribution in [0.1, 0.15) is 37.6 Å². The van der Waals surface area contributed by atoms with Crippen LogP contribution in [0.15, 0.2) is 18.2 Å². The van der Waals surface area contributed by atoms with Crippen molar-refractivity contribution in [3.8, 4) is 5.75 Å². The lowest BCUT2D eigenvalue weighted by Gasteiger charge is -2.34.